The second-order valence-corrected chi connectivity index (χ2v) is 9.26. The lowest BCUT2D eigenvalue weighted by molar-refractivity contribution is -0.698. The number of anilines is 1. The lowest BCUT2D eigenvalue weighted by atomic mass is 9.71. The Balaban J connectivity index is 0.00000280. The Morgan fingerprint density at radius 1 is 1.11 bits per heavy atom. The molecule has 0 saturated heterocycles. The highest BCUT2D eigenvalue weighted by molar-refractivity contribution is 6.33. The summed E-state index contributed by atoms with van der Waals surface area (Å²) in [6.45, 7) is 10.0. The Hall–Kier alpha value is -1.13. The standard InChI is InChI=1S/C23H32ClN3.BrH/c1-5-20-21(24)22(25-16-27(20)15-17-9-7-6-8-10-17)26-19-13-11-18(12-14-19)23(2,3)4;/h6-10,16,18-19H,5,11-15H2,1-4H3;1H. The number of halogens is 2. The molecule has 1 saturated carbocycles. The molecule has 1 N–H and O–H groups in total. The van der Waals surface area contributed by atoms with Crippen molar-refractivity contribution in [3.8, 4) is 0 Å². The van der Waals surface area contributed by atoms with E-state index in [-0.39, 0.29) is 17.0 Å². The first-order valence-corrected chi connectivity index (χ1v) is 10.6. The highest BCUT2D eigenvalue weighted by Gasteiger charge is 2.31. The molecule has 1 fully saturated rings. The Morgan fingerprint density at radius 2 is 1.75 bits per heavy atom. The van der Waals surface area contributed by atoms with Gasteiger partial charge in [-0.15, -0.1) is 0 Å². The molecule has 0 amide bonds. The normalized spacial score (nSPS) is 19.8. The minimum absolute atomic E-state index is 0. The maximum Gasteiger partial charge on any atom is 0.289 e. The number of aromatic nitrogens is 2. The third-order valence-corrected chi connectivity index (χ3v) is 6.35. The number of hydrogen-bond acceptors (Lipinski definition) is 2. The van der Waals surface area contributed by atoms with Crippen LogP contribution in [0.5, 0.6) is 0 Å². The summed E-state index contributed by atoms with van der Waals surface area (Å²) in [7, 11) is 0. The zero-order valence-corrected chi connectivity index (χ0v) is 19.9. The van der Waals surface area contributed by atoms with Gasteiger partial charge in [0.25, 0.3) is 12.1 Å². The molecule has 0 radical (unpaired) electrons. The summed E-state index contributed by atoms with van der Waals surface area (Å²) < 4.78 is 2.17. The Bertz CT molecular complexity index is 750. The molecule has 0 atom stereocenters. The van der Waals surface area contributed by atoms with Crippen molar-refractivity contribution >= 4 is 17.4 Å². The third kappa shape index (κ3) is 5.70. The van der Waals surface area contributed by atoms with Crippen LogP contribution in [0.4, 0.5) is 5.82 Å². The fourth-order valence-corrected chi connectivity index (χ4v) is 4.53. The molecular weight excluding hydrogens is 434 g/mol. The molecule has 2 aromatic rings. The van der Waals surface area contributed by atoms with Gasteiger partial charge in [0.15, 0.2) is 5.02 Å². The van der Waals surface area contributed by atoms with E-state index in [1.807, 2.05) is 12.4 Å². The predicted molar refractivity (Wildman–Crippen MR) is 113 cm³/mol. The number of nitrogens with one attached hydrogen (secondary N) is 1. The van der Waals surface area contributed by atoms with Crippen molar-refractivity contribution in [1.29, 1.82) is 0 Å². The van der Waals surface area contributed by atoms with Crippen LogP contribution in [0, 0.1) is 11.3 Å². The molecule has 28 heavy (non-hydrogen) atoms. The van der Waals surface area contributed by atoms with E-state index in [0.29, 0.717) is 11.5 Å². The molecular formula is C23H33BrClN3. The minimum Gasteiger partial charge on any atom is -1.00 e. The van der Waals surface area contributed by atoms with Gasteiger partial charge in [0, 0.05) is 12.5 Å². The molecule has 1 aromatic carbocycles. The van der Waals surface area contributed by atoms with E-state index in [4.69, 9.17) is 11.6 Å². The largest absolute Gasteiger partial charge is 1.00 e. The fraction of sp³-hybridized carbons (Fsp3) is 0.565. The van der Waals surface area contributed by atoms with E-state index in [9.17, 15) is 0 Å². The van der Waals surface area contributed by atoms with Crippen LogP contribution in [0.15, 0.2) is 36.7 Å². The van der Waals surface area contributed by atoms with Crippen LogP contribution in [0.3, 0.4) is 0 Å². The van der Waals surface area contributed by atoms with Gasteiger partial charge in [0.1, 0.15) is 12.2 Å². The smallest absolute Gasteiger partial charge is 0.289 e. The highest BCUT2D eigenvalue weighted by Crippen LogP contribution is 2.38. The number of rotatable bonds is 5. The van der Waals surface area contributed by atoms with Crippen LogP contribution in [0.1, 0.15) is 64.6 Å². The molecule has 5 heteroatoms. The second-order valence-electron chi connectivity index (χ2n) is 8.88. The predicted octanol–water partition coefficient (Wildman–Crippen LogP) is 2.65. The third-order valence-electron chi connectivity index (χ3n) is 5.96. The van der Waals surface area contributed by atoms with Crippen LogP contribution < -0.4 is 26.9 Å². The summed E-state index contributed by atoms with van der Waals surface area (Å²) in [5.74, 6) is 1.66. The molecule has 1 heterocycles. The number of hydrogen-bond donors (Lipinski definition) is 1. The first kappa shape index (κ1) is 23.2. The topological polar surface area (TPSA) is 28.8 Å². The minimum atomic E-state index is 0. The van der Waals surface area contributed by atoms with Crippen LogP contribution in [0.2, 0.25) is 5.02 Å². The van der Waals surface area contributed by atoms with E-state index in [0.717, 1.165) is 35.4 Å². The van der Waals surface area contributed by atoms with Crippen LogP contribution in [0.25, 0.3) is 0 Å². The van der Waals surface area contributed by atoms with Gasteiger partial charge >= 0.3 is 0 Å². The Morgan fingerprint density at radius 3 is 2.32 bits per heavy atom. The molecule has 0 spiro atoms. The molecule has 1 aromatic heterocycles. The van der Waals surface area contributed by atoms with Crippen LogP contribution in [-0.4, -0.2) is 11.0 Å². The Kier molecular flexibility index (Phi) is 8.32. The van der Waals surface area contributed by atoms with E-state index in [2.05, 4.69) is 66.8 Å². The summed E-state index contributed by atoms with van der Waals surface area (Å²) in [6.07, 6.45) is 7.77. The van der Waals surface area contributed by atoms with E-state index >= 15 is 0 Å². The van der Waals surface area contributed by atoms with Crippen molar-refractivity contribution in [2.75, 3.05) is 5.32 Å². The van der Waals surface area contributed by atoms with E-state index in [1.165, 1.54) is 31.2 Å². The van der Waals surface area contributed by atoms with Gasteiger partial charge in [-0.3, -0.25) is 0 Å². The van der Waals surface area contributed by atoms with Crippen molar-refractivity contribution < 1.29 is 21.5 Å². The second kappa shape index (κ2) is 10.1. The quantitative estimate of drug-likeness (QED) is 0.686. The van der Waals surface area contributed by atoms with Crippen molar-refractivity contribution in [2.24, 2.45) is 11.3 Å². The lowest BCUT2D eigenvalue weighted by Gasteiger charge is -2.37. The molecule has 0 bridgehead atoms. The average Bonchev–Trinajstić information content (AvgIpc) is 2.65. The van der Waals surface area contributed by atoms with E-state index < -0.39 is 0 Å². The highest BCUT2D eigenvalue weighted by atomic mass is 79.9. The van der Waals surface area contributed by atoms with Gasteiger partial charge in [-0.1, -0.05) is 69.6 Å². The summed E-state index contributed by atoms with van der Waals surface area (Å²) >= 11 is 6.75. The molecule has 154 valence electrons. The number of benzene rings is 1. The molecule has 3 rings (SSSR count). The van der Waals surface area contributed by atoms with Crippen molar-refractivity contribution in [3.05, 3.63) is 52.9 Å². The molecule has 1 aliphatic rings. The van der Waals surface area contributed by atoms with Gasteiger partial charge in [0.05, 0.1) is 0 Å². The van der Waals surface area contributed by atoms with Gasteiger partial charge in [0.2, 0.25) is 0 Å². The van der Waals surface area contributed by atoms with Gasteiger partial charge < -0.3 is 22.3 Å². The van der Waals surface area contributed by atoms with Crippen molar-refractivity contribution in [1.82, 2.24) is 4.98 Å². The SMILES string of the molecule is CCc1c(Cl)c(NC2CCC(C(C)(C)C)CC2)nc[n+]1Cc1ccccc1.[Br-]. The molecule has 0 aliphatic heterocycles. The van der Waals surface area contributed by atoms with Crippen LogP contribution in [-0.2, 0) is 13.0 Å². The summed E-state index contributed by atoms with van der Waals surface area (Å²) in [4.78, 5) is 4.66. The zero-order valence-electron chi connectivity index (χ0n) is 17.5. The summed E-state index contributed by atoms with van der Waals surface area (Å²) in [6, 6.07) is 10.9. The van der Waals surface area contributed by atoms with Crippen molar-refractivity contribution in [3.63, 3.8) is 0 Å². The first-order chi connectivity index (χ1) is 12.9. The van der Waals surface area contributed by atoms with Gasteiger partial charge in [-0.25, -0.2) is 4.57 Å². The first-order valence-electron chi connectivity index (χ1n) is 10.3. The molecule has 1 aliphatic carbocycles. The Labute approximate surface area is 185 Å². The van der Waals surface area contributed by atoms with Gasteiger partial charge in [-0.05, 0) is 47.6 Å². The maximum atomic E-state index is 6.75. The summed E-state index contributed by atoms with van der Waals surface area (Å²) in [5.41, 5.74) is 2.81. The lowest BCUT2D eigenvalue weighted by Crippen LogP contribution is -3.00. The zero-order chi connectivity index (χ0) is 19.4. The maximum absolute atomic E-state index is 6.75. The van der Waals surface area contributed by atoms with Crippen molar-refractivity contribution in [2.45, 2.75) is 72.4 Å². The van der Waals surface area contributed by atoms with E-state index in [1.54, 1.807) is 0 Å². The number of nitrogens with zero attached hydrogens (tertiary/aromatic N) is 2. The van der Waals surface area contributed by atoms with Gasteiger partial charge in [-0.2, -0.15) is 0 Å². The monoisotopic (exact) mass is 465 g/mol. The fourth-order valence-electron chi connectivity index (χ4n) is 4.19. The van der Waals surface area contributed by atoms with Crippen LogP contribution >= 0.6 is 11.6 Å². The summed E-state index contributed by atoms with van der Waals surface area (Å²) in [5, 5.41) is 4.40. The molecule has 3 nitrogen and oxygen atoms in total. The average molecular weight is 467 g/mol. The molecule has 0 unspecified atom stereocenters.